The number of hydrogen-bond donors (Lipinski definition) is 1. The van der Waals surface area contributed by atoms with Crippen molar-refractivity contribution in [1.29, 1.82) is 0 Å². The maximum Gasteiger partial charge on any atom is 0.248 e. The second-order valence-corrected chi connectivity index (χ2v) is 6.41. The van der Waals surface area contributed by atoms with Crippen molar-refractivity contribution in [2.75, 3.05) is 31.6 Å². The molecule has 0 spiro atoms. The Morgan fingerprint density at radius 2 is 2.13 bits per heavy atom. The Balaban J connectivity index is 1.57. The molecular weight excluding hydrogens is 308 g/mol. The summed E-state index contributed by atoms with van der Waals surface area (Å²) in [5.74, 6) is -0.109. The van der Waals surface area contributed by atoms with Gasteiger partial charge >= 0.3 is 0 Å². The number of nitrogens with zero attached hydrogens (tertiary/aromatic N) is 1. The molecule has 2 aromatic rings. The Kier molecular flexibility index (Phi) is 5.58. The largest absolute Gasteiger partial charge is 0.379 e. The smallest absolute Gasteiger partial charge is 0.248 e. The number of morpholine rings is 1. The van der Waals surface area contributed by atoms with Gasteiger partial charge in [0.1, 0.15) is 0 Å². The third kappa shape index (κ3) is 5.03. The van der Waals surface area contributed by atoms with E-state index in [-0.39, 0.29) is 5.91 Å². The van der Waals surface area contributed by atoms with Crippen LogP contribution in [0, 0.1) is 0 Å². The second-order valence-electron chi connectivity index (χ2n) is 5.43. The molecule has 0 atom stereocenters. The number of hydrogen-bond acceptors (Lipinski definition) is 4. The normalized spacial score (nSPS) is 15.8. The predicted octanol–water partition coefficient (Wildman–Crippen LogP) is 3.23. The van der Waals surface area contributed by atoms with E-state index >= 15 is 0 Å². The van der Waals surface area contributed by atoms with Crippen molar-refractivity contribution in [2.24, 2.45) is 0 Å². The molecule has 0 bridgehead atoms. The molecular formula is C18H20N2O2S. The quantitative estimate of drug-likeness (QED) is 0.857. The number of ether oxygens (including phenoxy) is 1. The van der Waals surface area contributed by atoms with Gasteiger partial charge < -0.3 is 10.1 Å². The zero-order valence-electron chi connectivity index (χ0n) is 12.9. The lowest BCUT2D eigenvalue weighted by atomic mass is 10.2. The predicted molar refractivity (Wildman–Crippen MR) is 94.5 cm³/mol. The number of carbonyl (C=O) groups is 1. The van der Waals surface area contributed by atoms with Crippen molar-refractivity contribution < 1.29 is 9.53 Å². The van der Waals surface area contributed by atoms with Crippen molar-refractivity contribution in [2.45, 2.75) is 6.54 Å². The van der Waals surface area contributed by atoms with Gasteiger partial charge in [0.15, 0.2) is 0 Å². The minimum atomic E-state index is -0.109. The summed E-state index contributed by atoms with van der Waals surface area (Å²) in [6.07, 6.45) is 3.40. The average Bonchev–Trinajstić information content (AvgIpc) is 3.08. The molecule has 1 aliphatic rings. The average molecular weight is 328 g/mol. The van der Waals surface area contributed by atoms with Crippen LogP contribution in [0.4, 0.5) is 5.69 Å². The summed E-state index contributed by atoms with van der Waals surface area (Å²) in [6, 6.07) is 12.0. The van der Waals surface area contributed by atoms with E-state index in [4.69, 9.17) is 4.74 Å². The van der Waals surface area contributed by atoms with Gasteiger partial charge in [-0.1, -0.05) is 18.2 Å². The van der Waals surface area contributed by atoms with Gasteiger partial charge in [-0.15, -0.1) is 11.3 Å². The molecule has 1 amide bonds. The first-order valence-corrected chi connectivity index (χ1v) is 8.59. The molecule has 1 saturated heterocycles. The Morgan fingerprint density at radius 3 is 2.91 bits per heavy atom. The summed E-state index contributed by atoms with van der Waals surface area (Å²) in [4.78, 5) is 15.4. The first-order valence-electron chi connectivity index (χ1n) is 7.71. The monoisotopic (exact) mass is 328 g/mol. The Labute approximate surface area is 140 Å². The first-order chi connectivity index (χ1) is 11.3. The van der Waals surface area contributed by atoms with Crippen molar-refractivity contribution in [1.82, 2.24) is 4.90 Å². The number of anilines is 1. The number of amides is 1. The Bertz CT molecular complexity index is 661. The van der Waals surface area contributed by atoms with Crippen LogP contribution in [0.25, 0.3) is 6.08 Å². The zero-order valence-corrected chi connectivity index (χ0v) is 13.7. The van der Waals surface area contributed by atoms with E-state index in [1.807, 2.05) is 41.8 Å². The highest BCUT2D eigenvalue weighted by molar-refractivity contribution is 7.10. The van der Waals surface area contributed by atoms with Crippen molar-refractivity contribution >= 4 is 29.0 Å². The zero-order chi connectivity index (χ0) is 15.9. The van der Waals surface area contributed by atoms with Crippen molar-refractivity contribution in [3.05, 3.63) is 58.3 Å². The fourth-order valence-corrected chi connectivity index (χ4v) is 3.11. The van der Waals surface area contributed by atoms with Crippen molar-refractivity contribution in [3.63, 3.8) is 0 Å². The molecule has 1 fully saturated rings. The molecule has 120 valence electrons. The lowest BCUT2D eigenvalue weighted by Gasteiger charge is -2.26. The molecule has 1 aromatic heterocycles. The van der Waals surface area contributed by atoms with E-state index < -0.39 is 0 Å². The van der Waals surface area contributed by atoms with Crippen LogP contribution in [0.5, 0.6) is 0 Å². The molecule has 2 heterocycles. The van der Waals surface area contributed by atoms with E-state index in [2.05, 4.69) is 16.3 Å². The van der Waals surface area contributed by atoms with Crippen LogP contribution in [0.1, 0.15) is 10.4 Å². The molecule has 1 aliphatic heterocycles. The summed E-state index contributed by atoms with van der Waals surface area (Å²) < 4.78 is 5.37. The van der Waals surface area contributed by atoms with Gasteiger partial charge in [0, 0.05) is 36.3 Å². The van der Waals surface area contributed by atoms with E-state index in [1.165, 1.54) is 5.56 Å². The van der Waals surface area contributed by atoms with E-state index in [0.717, 1.165) is 43.4 Å². The molecule has 3 rings (SSSR count). The number of carbonyl (C=O) groups excluding carboxylic acids is 1. The highest BCUT2D eigenvalue weighted by Crippen LogP contribution is 2.14. The highest BCUT2D eigenvalue weighted by atomic mass is 32.1. The second kappa shape index (κ2) is 8.06. The molecule has 1 N–H and O–H groups in total. The minimum absolute atomic E-state index is 0.109. The summed E-state index contributed by atoms with van der Waals surface area (Å²) in [5.41, 5.74) is 2.03. The minimum Gasteiger partial charge on any atom is -0.379 e. The number of rotatable bonds is 5. The Hall–Kier alpha value is -1.95. The first kappa shape index (κ1) is 15.9. The van der Waals surface area contributed by atoms with Gasteiger partial charge in [0.05, 0.1) is 13.2 Å². The van der Waals surface area contributed by atoms with E-state index in [9.17, 15) is 4.79 Å². The molecule has 5 heteroatoms. The molecule has 23 heavy (non-hydrogen) atoms. The maximum absolute atomic E-state index is 12.0. The fraction of sp³-hybridized carbons (Fsp3) is 0.278. The van der Waals surface area contributed by atoms with Crippen LogP contribution >= 0.6 is 11.3 Å². The third-order valence-corrected chi connectivity index (χ3v) is 4.48. The summed E-state index contributed by atoms with van der Waals surface area (Å²) in [6.45, 7) is 4.40. The number of nitrogens with one attached hydrogen (secondary N) is 1. The van der Waals surface area contributed by atoms with Gasteiger partial charge in [-0.05, 0) is 35.2 Å². The Morgan fingerprint density at radius 1 is 1.26 bits per heavy atom. The van der Waals surface area contributed by atoms with Gasteiger partial charge in [-0.25, -0.2) is 0 Å². The van der Waals surface area contributed by atoms with Gasteiger partial charge in [-0.3, -0.25) is 9.69 Å². The number of benzene rings is 1. The van der Waals surface area contributed by atoms with Gasteiger partial charge in [0.2, 0.25) is 5.91 Å². The summed E-state index contributed by atoms with van der Waals surface area (Å²) in [5, 5.41) is 4.91. The molecule has 0 saturated carbocycles. The SMILES string of the molecule is O=C(/C=C/c1cccs1)Nc1cccc(CN2CCOCC2)c1. The fourth-order valence-electron chi connectivity index (χ4n) is 2.49. The molecule has 4 nitrogen and oxygen atoms in total. The van der Waals surface area contributed by atoms with E-state index in [0.29, 0.717) is 0 Å². The van der Waals surface area contributed by atoms with Crippen molar-refractivity contribution in [3.8, 4) is 0 Å². The van der Waals surface area contributed by atoms with Gasteiger partial charge in [-0.2, -0.15) is 0 Å². The summed E-state index contributed by atoms with van der Waals surface area (Å²) in [7, 11) is 0. The van der Waals surface area contributed by atoms with Crippen LogP contribution in [-0.2, 0) is 16.1 Å². The van der Waals surface area contributed by atoms with Crippen LogP contribution < -0.4 is 5.32 Å². The van der Waals surface area contributed by atoms with Crippen LogP contribution in [0.3, 0.4) is 0 Å². The number of thiophene rings is 1. The lowest BCUT2D eigenvalue weighted by molar-refractivity contribution is -0.111. The molecule has 0 radical (unpaired) electrons. The molecule has 1 aromatic carbocycles. The van der Waals surface area contributed by atoms with Crippen LogP contribution in [0.15, 0.2) is 47.9 Å². The van der Waals surface area contributed by atoms with Crippen LogP contribution in [0.2, 0.25) is 0 Å². The topological polar surface area (TPSA) is 41.6 Å². The lowest BCUT2D eigenvalue weighted by Crippen LogP contribution is -2.35. The maximum atomic E-state index is 12.0. The van der Waals surface area contributed by atoms with Gasteiger partial charge in [0.25, 0.3) is 0 Å². The highest BCUT2D eigenvalue weighted by Gasteiger charge is 2.10. The summed E-state index contributed by atoms with van der Waals surface area (Å²) >= 11 is 1.61. The third-order valence-electron chi connectivity index (χ3n) is 3.65. The molecule has 0 unspecified atom stereocenters. The van der Waals surface area contributed by atoms with E-state index in [1.54, 1.807) is 17.4 Å². The molecule has 0 aliphatic carbocycles. The van der Waals surface area contributed by atoms with Crippen LogP contribution in [-0.4, -0.2) is 37.1 Å². The standard InChI is InChI=1S/C18H20N2O2S/c21-18(7-6-17-5-2-12-23-17)19-16-4-1-3-15(13-16)14-20-8-10-22-11-9-20/h1-7,12-13H,8-11,14H2,(H,19,21)/b7-6+.